The van der Waals surface area contributed by atoms with Gasteiger partial charge in [0.15, 0.2) is 17.9 Å². The molecule has 0 saturated carbocycles. The van der Waals surface area contributed by atoms with E-state index in [1.54, 1.807) is 53.3 Å². The molecule has 0 aliphatic rings. The van der Waals surface area contributed by atoms with Crippen LogP contribution in [0.3, 0.4) is 0 Å². The van der Waals surface area contributed by atoms with Crippen LogP contribution in [0.4, 0.5) is 13.2 Å². The van der Waals surface area contributed by atoms with E-state index in [0.29, 0.717) is 40.8 Å². The number of sulfonamides is 1. The Balaban J connectivity index is 1.56. The standard InChI is InChI=1S/C25H25F3N4O4S/c1-4-32-23(36-20-10-8-17(9-11-20)22-14-29-16-35-22)13-21(30-32)18-6-5-7-19(12-18)24(2,3)31-37(33,34)15-25(26,27)28/h5-14,16,31H,4,15H2,1-3H3. The van der Waals surface area contributed by atoms with Gasteiger partial charge in [-0.2, -0.15) is 18.3 Å². The van der Waals surface area contributed by atoms with E-state index in [1.165, 1.54) is 20.2 Å². The lowest BCUT2D eigenvalue weighted by atomic mass is 9.93. The third-order valence-electron chi connectivity index (χ3n) is 5.48. The number of nitrogens with one attached hydrogen (secondary N) is 1. The Labute approximate surface area is 212 Å². The quantitative estimate of drug-likeness (QED) is 0.294. The van der Waals surface area contributed by atoms with Crippen LogP contribution in [0.5, 0.6) is 11.6 Å². The maximum atomic E-state index is 12.7. The van der Waals surface area contributed by atoms with Crippen LogP contribution in [0.15, 0.2) is 71.6 Å². The highest BCUT2D eigenvalue weighted by molar-refractivity contribution is 7.89. The first-order chi connectivity index (χ1) is 17.4. The van der Waals surface area contributed by atoms with Gasteiger partial charge in [0.1, 0.15) is 5.75 Å². The van der Waals surface area contributed by atoms with Crippen molar-refractivity contribution in [1.29, 1.82) is 0 Å². The van der Waals surface area contributed by atoms with Crippen molar-refractivity contribution in [1.82, 2.24) is 19.5 Å². The van der Waals surface area contributed by atoms with E-state index in [-0.39, 0.29) is 0 Å². The summed E-state index contributed by atoms with van der Waals surface area (Å²) in [5, 5.41) is 4.58. The number of rotatable bonds is 9. The molecule has 8 nitrogen and oxygen atoms in total. The normalized spacial score (nSPS) is 12.6. The summed E-state index contributed by atoms with van der Waals surface area (Å²) < 4.78 is 77.3. The van der Waals surface area contributed by atoms with Crippen molar-refractivity contribution in [3.05, 3.63) is 72.8 Å². The molecule has 0 aliphatic heterocycles. The van der Waals surface area contributed by atoms with Crippen molar-refractivity contribution in [2.24, 2.45) is 0 Å². The molecule has 0 unspecified atom stereocenters. The molecule has 196 valence electrons. The summed E-state index contributed by atoms with van der Waals surface area (Å²) in [6.45, 7) is 5.43. The molecule has 4 aromatic rings. The summed E-state index contributed by atoms with van der Waals surface area (Å²) in [4.78, 5) is 3.91. The predicted molar refractivity (Wildman–Crippen MR) is 131 cm³/mol. The van der Waals surface area contributed by atoms with Crippen molar-refractivity contribution in [3.63, 3.8) is 0 Å². The van der Waals surface area contributed by atoms with Gasteiger partial charge in [0.2, 0.25) is 15.9 Å². The van der Waals surface area contributed by atoms with Crippen LogP contribution in [0.25, 0.3) is 22.6 Å². The van der Waals surface area contributed by atoms with Gasteiger partial charge in [-0.1, -0.05) is 18.2 Å². The van der Waals surface area contributed by atoms with E-state index in [1.807, 2.05) is 19.1 Å². The van der Waals surface area contributed by atoms with Crippen molar-refractivity contribution >= 4 is 10.0 Å². The second kappa shape index (κ2) is 10.0. The zero-order chi connectivity index (χ0) is 26.8. The summed E-state index contributed by atoms with van der Waals surface area (Å²) in [5.74, 6) is -0.251. The molecule has 0 bridgehead atoms. The Morgan fingerprint density at radius 2 is 1.78 bits per heavy atom. The molecule has 2 heterocycles. The number of nitrogens with zero attached hydrogens (tertiary/aromatic N) is 3. The molecule has 4 rings (SSSR count). The van der Waals surface area contributed by atoms with Gasteiger partial charge in [-0.3, -0.25) is 0 Å². The largest absolute Gasteiger partial charge is 0.444 e. The van der Waals surface area contributed by atoms with E-state index in [4.69, 9.17) is 9.15 Å². The van der Waals surface area contributed by atoms with Gasteiger partial charge >= 0.3 is 6.18 Å². The third kappa shape index (κ3) is 6.57. The minimum absolute atomic E-state index is 0.479. The van der Waals surface area contributed by atoms with Crippen molar-refractivity contribution in [2.45, 2.75) is 39.0 Å². The average Bonchev–Trinajstić information content (AvgIpc) is 3.48. The molecule has 0 saturated heterocycles. The number of aryl methyl sites for hydroxylation is 1. The summed E-state index contributed by atoms with van der Waals surface area (Å²) >= 11 is 0. The van der Waals surface area contributed by atoms with E-state index in [9.17, 15) is 21.6 Å². The fourth-order valence-electron chi connectivity index (χ4n) is 3.78. The van der Waals surface area contributed by atoms with Crippen molar-refractivity contribution in [3.8, 4) is 34.2 Å². The topological polar surface area (TPSA) is 99.2 Å². The SMILES string of the molecule is CCn1nc(-c2cccc(C(C)(C)NS(=O)(=O)CC(F)(F)F)c2)cc1Oc1ccc(-c2cnco2)cc1. The summed E-state index contributed by atoms with van der Waals surface area (Å²) in [7, 11) is -4.61. The van der Waals surface area contributed by atoms with E-state index < -0.39 is 27.5 Å². The van der Waals surface area contributed by atoms with Gasteiger partial charge in [0.05, 0.1) is 17.4 Å². The molecule has 0 atom stereocenters. The molecule has 2 aromatic heterocycles. The van der Waals surface area contributed by atoms with Crippen LogP contribution in [0.1, 0.15) is 26.3 Å². The highest BCUT2D eigenvalue weighted by atomic mass is 32.2. The number of alkyl halides is 3. The number of aromatic nitrogens is 3. The highest BCUT2D eigenvalue weighted by Gasteiger charge is 2.38. The molecule has 0 spiro atoms. The lowest BCUT2D eigenvalue weighted by Gasteiger charge is -2.27. The van der Waals surface area contributed by atoms with Gasteiger partial charge in [0.25, 0.3) is 0 Å². The number of hydrogen-bond acceptors (Lipinski definition) is 6. The second-order valence-electron chi connectivity index (χ2n) is 8.86. The Morgan fingerprint density at radius 1 is 1.05 bits per heavy atom. The van der Waals surface area contributed by atoms with Gasteiger partial charge in [-0.05, 0) is 56.7 Å². The Bertz CT molecular complexity index is 1460. The van der Waals surface area contributed by atoms with Gasteiger partial charge < -0.3 is 9.15 Å². The van der Waals surface area contributed by atoms with E-state index in [2.05, 4.69) is 14.8 Å². The lowest BCUT2D eigenvalue weighted by molar-refractivity contribution is -0.106. The molecular formula is C25H25F3N4O4S. The molecule has 12 heteroatoms. The van der Waals surface area contributed by atoms with Crippen LogP contribution < -0.4 is 9.46 Å². The Hall–Kier alpha value is -3.64. The maximum absolute atomic E-state index is 12.7. The number of ether oxygens (including phenoxy) is 1. The van der Waals surface area contributed by atoms with Gasteiger partial charge in [0, 0.05) is 23.7 Å². The number of benzene rings is 2. The van der Waals surface area contributed by atoms with Crippen LogP contribution in [-0.4, -0.2) is 35.1 Å². The predicted octanol–water partition coefficient (Wildman–Crippen LogP) is 5.73. The van der Waals surface area contributed by atoms with Crippen molar-refractivity contribution in [2.75, 3.05) is 5.75 Å². The van der Waals surface area contributed by atoms with Crippen LogP contribution in [-0.2, 0) is 22.1 Å². The fraction of sp³-hybridized carbons (Fsp3) is 0.280. The number of oxazole rings is 1. The Kier molecular flexibility index (Phi) is 7.16. The van der Waals surface area contributed by atoms with Crippen LogP contribution in [0.2, 0.25) is 0 Å². The average molecular weight is 535 g/mol. The molecule has 1 N–H and O–H groups in total. The molecule has 0 radical (unpaired) electrons. The fourth-order valence-corrected chi connectivity index (χ4v) is 5.18. The minimum Gasteiger partial charge on any atom is -0.444 e. The smallest absolute Gasteiger partial charge is 0.404 e. The summed E-state index contributed by atoms with van der Waals surface area (Å²) in [6, 6.07) is 15.8. The van der Waals surface area contributed by atoms with E-state index in [0.717, 1.165) is 5.56 Å². The second-order valence-corrected chi connectivity index (χ2v) is 10.6. The van der Waals surface area contributed by atoms with E-state index >= 15 is 0 Å². The van der Waals surface area contributed by atoms with Crippen LogP contribution >= 0.6 is 0 Å². The molecular weight excluding hydrogens is 509 g/mol. The zero-order valence-corrected chi connectivity index (χ0v) is 21.1. The highest BCUT2D eigenvalue weighted by Crippen LogP contribution is 2.32. The zero-order valence-electron chi connectivity index (χ0n) is 20.3. The first-order valence-electron chi connectivity index (χ1n) is 11.3. The first kappa shape index (κ1) is 26.4. The summed E-state index contributed by atoms with van der Waals surface area (Å²) in [5.41, 5.74) is 1.24. The number of hydrogen-bond donors (Lipinski definition) is 1. The maximum Gasteiger partial charge on any atom is 0.404 e. The Morgan fingerprint density at radius 3 is 2.41 bits per heavy atom. The monoisotopic (exact) mass is 534 g/mol. The lowest BCUT2D eigenvalue weighted by Crippen LogP contribution is -2.44. The molecule has 37 heavy (non-hydrogen) atoms. The molecule has 0 amide bonds. The molecule has 0 aliphatic carbocycles. The van der Waals surface area contributed by atoms with Crippen molar-refractivity contribution < 1.29 is 30.7 Å². The van der Waals surface area contributed by atoms with Crippen LogP contribution in [0, 0.1) is 0 Å². The summed E-state index contributed by atoms with van der Waals surface area (Å²) in [6.07, 6.45) is -1.87. The molecule has 0 fully saturated rings. The first-order valence-corrected chi connectivity index (χ1v) is 12.9. The number of halogens is 3. The molecule has 2 aromatic carbocycles. The minimum atomic E-state index is -4.84. The van der Waals surface area contributed by atoms with Gasteiger partial charge in [-0.25, -0.2) is 22.8 Å². The van der Waals surface area contributed by atoms with Gasteiger partial charge in [-0.15, -0.1) is 0 Å². The third-order valence-corrected chi connectivity index (χ3v) is 7.01.